The molecule has 1 aromatic heterocycles. The van der Waals surface area contributed by atoms with Crippen LogP contribution in [0.5, 0.6) is 0 Å². The number of benzene rings is 2. The summed E-state index contributed by atoms with van der Waals surface area (Å²) in [6.45, 7) is 8.52. The number of nitrogens with two attached hydrogens (primary N) is 1. The molecule has 0 fully saturated rings. The number of nitrogens with zero attached hydrogens (tertiary/aromatic N) is 1. The van der Waals surface area contributed by atoms with E-state index in [9.17, 15) is 0 Å². The molecule has 0 bridgehead atoms. The van der Waals surface area contributed by atoms with Crippen molar-refractivity contribution in [1.82, 2.24) is 0 Å². The highest BCUT2D eigenvalue weighted by atomic mass is 79.9. The van der Waals surface area contributed by atoms with Gasteiger partial charge in [-0.2, -0.15) is 4.57 Å². The molecule has 0 saturated carbocycles. The van der Waals surface area contributed by atoms with Crippen LogP contribution in [0.4, 0.5) is 5.69 Å². The number of hydrogen-bond donors (Lipinski definition) is 1. The lowest BCUT2D eigenvalue weighted by Gasteiger charge is -2.05. The van der Waals surface area contributed by atoms with E-state index in [1.807, 2.05) is 36.4 Å². The Morgan fingerprint density at radius 3 is 2.45 bits per heavy atom. The molecule has 2 aromatic carbocycles. The van der Waals surface area contributed by atoms with Crippen LogP contribution in [0.2, 0.25) is 0 Å². The maximum absolute atomic E-state index is 6.27. The molecule has 112 valence electrons. The molecule has 2 nitrogen and oxygen atoms in total. The van der Waals surface area contributed by atoms with Crippen molar-refractivity contribution < 1.29 is 21.5 Å². The standard InChI is InChI=1S/C18H17N2S.BrH/c1-3-12-20-16(4-2)21-15-11-10-14(19)17(18(15)20)13-8-6-5-7-9-13;/h3-11H,1-2,12,19H2;1H/q+1;/p-1. The number of rotatable bonds is 4. The molecule has 4 heteroatoms. The molecule has 0 saturated heterocycles. The van der Waals surface area contributed by atoms with Crippen molar-refractivity contribution in [2.24, 2.45) is 0 Å². The van der Waals surface area contributed by atoms with Crippen molar-refractivity contribution in [2.75, 3.05) is 5.73 Å². The van der Waals surface area contributed by atoms with Crippen molar-refractivity contribution >= 4 is 33.3 Å². The van der Waals surface area contributed by atoms with Gasteiger partial charge in [0.25, 0.3) is 5.01 Å². The lowest BCUT2D eigenvalue weighted by molar-refractivity contribution is -0.657. The van der Waals surface area contributed by atoms with Gasteiger partial charge in [0.1, 0.15) is 4.70 Å². The Labute approximate surface area is 145 Å². The minimum atomic E-state index is 0. The van der Waals surface area contributed by atoms with E-state index < -0.39 is 0 Å². The Bertz CT molecular complexity index is 822. The fraction of sp³-hybridized carbons (Fsp3) is 0.0556. The summed E-state index contributed by atoms with van der Waals surface area (Å²) >= 11 is 1.72. The molecule has 0 amide bonds. The van der Waals surface area contributed by atoms with E-state index in [1.165, 1.54) is 4.70 Å². The van der Waals surface area contributed by atoms with E-state index in [-0.39, 0.29) is 17.0 Å². The van der Waals surface area contributed by atoms with Crippen LogP contribution in [0.3, 0.4) is 0 Å². The summed E-state index contributed by atoms with van der Waals surface area (Å²) < 4.78 is 3.43. The maximum Gasteiger partial charge on any atom is 0.262 e. The third kappa shape index (κ3) is 2.72. The molecule has 0 aliphatic carbocycles. The van der Waals surface area contributed by atoms with E-state index in [0.29, 0.717) is 0 Å². The lowest BCUT2D eigenvalue weighted by atomic mass is 10.0. The third-order valence-electron chi connectivity index (χ3n) is 3.47. The first-order valence-electron chi connectivity index (χ1n) is 6.80. The number of fused-ring (bicyclic) bond motifs is 1. The lowest BCUT2D eigenvalue weighted by Crippen LogP contribution is -3.00. The van der Waals surface area contributed by atoms with Gasteiger partial charge < -0.3 is 22.7 Å². The van der Waals surface area contributed by atoms with Gasteiger partial charge in [0.2, 0.25) is 5.52 Å². The number of allylic oxidation sites excluding steroid dienone is 1. The Kier molecular flexibility index (Phi) is 5.16. The summed E-state index contributed by atoms with van der Waals surface area (Å²) in [6, 6.07) is 14.3. The van der Waals surface area contributed by atoms with Crippen LogP contribution >= 0.6 is 11.3 Å². The van der Waals surface area contributed by atoms with Gasteiger partial charge in [-0.25, -0.2) is 0 Å². The second-order valence-electron chi connectivity index (χ2n) is 4.79. The van der Waals surface area contributed by atoms with Gasteiger partial charge in [0.05, 0.1) is 5.56 Å². The minimum absolute atomic E-state index is 0. The zero-order chi connectivity index (χ0) is 14.8. The summed E-state index contributed by atoms with van der Waals surface area (Å²) in [5, 5.41) is 1.12. The summed E-state index contributed by atoms with van der Waals surface area (Å²) in [5.74, 6) is 0. The number of nitrogen functional groups attached to an aromatic ring is 1. The zero-order valence-electron chi connectivity index (χ0n) is 12.1. The Hall–Kier alpha value is -1.91. The van der Waals surface area contributed by atoms with Gasteiger partial charge in [-0.1, -0.05) is 54.8 Å². The Morgan fingerprint density at radius 2 is 1.82 bits per heavy atom. The quantitative estimate of drug-likeness (QED) is 0.417. The van der Waals surface area contributed by atoms with E-state index >= 15 is 0 Å². The van der Waals surface area contributed by atoms with Crippen molar-refractivity contribution in [2.45, 2.75) is 6.54 Å². The molecule has 0 radical (unpaired) electrons. The highest BCUT2D eigenvalue weighted by molar-refractivity contribution is 7.19. The SMILES string of the molecule is C=CC[n+]1c(C=C)sc2ccc(N)c(-c3ccccc3)c21.[Br-]. The van der Waals surface area contributed by atoms with Crippen LogP contribution in [0.1, 0.15) is 5.01 Å². The zero-order valence-corrected chi connectivity index (χ0v) is 14.5. The predicted molar refractivity (Wildman–Crippen MR) is 92.2 cm³/mol. The monoisotopic (exact) mass is 372 g/mol. The van der Waals surface area contributed by atoms with Gasteiger partial charge in [-0.05, 0) is 23.8 Å². The van der Waals surface area contributed by atoms with Crippen LogP contribution in [-0.4, -0.2) is 0 Å². The molecule has 0 aliphatic rings. The number of aromatic nitrogens is 1. The maximum atomic E-state index is 6.27. The molecule has 1 heterocycles. The second-order valence-corrected chi connectivity index (χ2v) is 5.85. The van der Waals surface area contributed by atoms with Crippen molar-refractivity contribution in [3.8, 4) is 11.1 Å². The van der Waals surface area contributed by atoms with Crippen molar-refractivity contribution in [3.05, 3.63) is 66.7 Å². The highest BCUT2D eigenvalue weighted by Crippen LogP contribution is 2.35. The average molecular weight is 373 g/mol. The first-order valence-corrected chi connectivity index (χ1v) is 7.61. The summed E-state index contributed by atoms with van der Waals surface area (Å²) in [7, 11) is 0. The van der Waals surface area contributed by atoms with Crippen molar-refractivity contribution in [3.63, 3.8) is 0 Å². The fourth-order valence-electron chi connectivity index (χ4n) is 2.59. The first kappa shape index (κ1) is 16.5. The molecule has 0 atom stereocenters. The molecule has 2 N–H and O–H groups in total. The summed E-state index contributed by atoms with van der Waals surface area (Å²) in [6.07, 6.45) is 3.79. The van der Waals surface area contributed by atoms with E-state index in [4.69, 9.17) is 5.73 Å². The van der Waals surface area contributed by atoms with Crippen LogP contribution < -0.4 is 27.3 Å². The third-order valence-corrected chi connectivity index (χ3v) is 4.62. The smallest absolute Gasteiger partial charge is 0.262 e. The van der Waals surface area contributed by atoms with Gasteiger partial charge >= 0.3 is 0 Å². The number of hydrogen-bond acceptors (Lipinski definition) is 2. The van der Waals surface area contributed by atoms with Gasteiger partial charge in [0, 0.05) is 11.8 Å². The first-order chi connectivity index (χ1) is 10.3. The van der Waals surface area contributed by atoms with Crippen LogP contribution in [0.15, 0.2) is 61.7 Å². The molecular weight excluding hydrogens is 356 g/mol. The molecule has 0 spiro atoms. The van der Waals surface area contributed by atoms with Gasteiger partial charge in [0.15, 0.2) is 6.54 Å². The fourth-order valence-corrected chi connectivity index (χ4v) is 3.62. The van der Waals surface area contributed by atoms with Gasteiger partial charge in [-0.15, -0.1) is 0 Å². The Balaban J connectivity index is 0.00000176. The van der Waals surface area contributed by atoms with E-state index in [2.05, 4.69) is 35.9 Å². The second kappa shape index (κ2) is 6.90. The molecule has 3 rings (SSSR count). The predicted octanol–water partition coefficient (Wildman–Crippen LogP) is 1.27. The molecule has 0 unspecified atom stereocenters. The normalized spacial score (nSPS) is 10.2. The average Bonchev–Trinajstić information content (AvgIpc) is 2.87. The van der Waals surface area contributed by atoms with Crippen molar-refractivity contribution in [1.29, 1.82) is 0 Å². The van der Waals surface area contributed by atoms with E-state index in [1.54, 1.807) is 11.3 Å². The Morgan fingerprint density at radius 1 is 1.09 bits per heavy atom. The topological polar surface area (TPSA) is 29.9 Å². The molecule has 3 aromatic rings. The number of anilines is 1. The van der Waals surface area contributed by atoms with Crippen LogP contribution in [0, 0.1) is 0 Å². The molecule has 22 heavy (non-hydrogen) atoms. The highest BCUT2D eigenvalue weighted by Gasteiger charge is 2.23. The van der Waals surface area contributed by atoms with Gasteiger partial charge in [-0.3, -0.25) is 0 Å². The minimum Gasteiger partial charge on any atom is -1.00 e. The number of thiazole rings is 1. The molecule has 0 aliphatic heterocycles. The number of halogens is 1. The summed E-state index contributed by atoms with van der Waals surface area (Å²) in [5.41, 5.74) is 10.4. The summed E-state index contributed by atoms with van der Waals surface area (Å²) in [4.78, 5) is 0. The van der Waals surface area contributed by atoms with E-state index in [0.717, 1.165) is 33.9 Å². The van der Waals surface area contributed by atoms with Crippen LogP contribution in [-0.2, 0) is 6.54 Å². The van der Waals surface area contributed by atoms with Crippen LogP contribution in [0.25, 0.3) is 27.4 Å². The molecular formula is C18H17BrN2S. The largest absolute Gasteiger partial charge is 1.00 e.